The van der Waals surface area contributed by atoms with E-state index in [0.29, 0.717) is 12.6 Å². The Morgan fingerprint density at radius 1 is 1.35 bits per heavy atom. The maximum atomic E-state index is 12.0. The maximum absolute atomic E-state index is 12.0. The quantitative estimate of drug-likeness (QED) is 0.830. The van der Waals surface area contributed by atoms with Gasteiger partial charge in [0.2, 0.25) is 5.91 Å². The molecule has 0 bridgehead atoms. The zero-order valence-corrected chi connectivity index (χ0v) is 12.2. The van der Waals surface area contributed by atoms with Crippen molar-refractivity contribution < 1.29 is 4.79 Å². The molecule has 20 heavy (non-hydrogen) atoms. The number of carbonyl (C=O) groups excluding carboxylic acids is 1. The van der Waals surface area contributed by atoms with E-state index >= 15 is 0 Å². The lowest BCUT2D eigenvalue weighted by molar-refractivity contribution is -0.122. The Labute approximate surface area is 121 Å². The molecule has 3 N–H and O–H groups in total. The Hall–Kier alpha value is -1.39. The summed E-state index contributed by atoms with van der Waals surface area (Å²) in [6, 6.07) is 9.60. The van der Waals surface area contributed by atoms with Crippen LogP contribution in [-0.2, 0) is 4.79 Å². The molecule has 1 fully saturated rings. The normalized spacial score (nSPS) is 17.4. The fourth-order valence-electron chi connectivity index (χ4n) is 2.80. The van der Waals surface area contributed by atoms with Crippen LogP contribution in [0.4, 0.5) is 0 Å². The first-order valence-corrected chi connectivity index (χ1v) is 7.47. The van der Waals surface area contributed by atoms with Crippen molar-refractivity contribution in [1.82, 2.24) is 10.2 Å². The second-order valence-corrected chi connectivity index (χ2v) is 5.60. The summed E-state index contributed by atoms with van der Waals surface area (Å²) in [5.74, 6) is -0.101. The third-order valence-corrected chi connectivity index (χ3v) is 4.15. The minimum atomic E-state index is -0.576. The van der Waals surface area contributed by atoms with Crippen LogP contribution in [0, 0.1) is 0 Å². The largest absolute Gasteiger partial charge is 0.353 e. The molecule has 110 valence electrons. The summed E-state index contributed by atoms with van der Waals surface area (Å²) in [5, 5.41) is 2.93. The molecule has 1 aromatic rings. The Kier molecular flexibility index (Phi) is 5.56. The molecule has 1 aromatic carbocycles. The van der Waals surface area contributed by atoms with Crippen LogP contribution in [0.25, 0.3) is 0 Å². The molecule has 0 aliphatic heterocycles. The molecule has 0 spiro atoms. The number of hydrogen-bond donors (Lipinski definition) is 2. The molecular weight excluding hydrogens is 250 g/mol. The van der Waals surface area contributed by atoms with Crippen LogP contribution in [0.2, 0.25) is 0 Å². The van der Waals surface area contributed by atoms with Crippen molar-refractivity contribution in [3.05, 3.63) is 35.9 Å². The molecule has 1 atom stereocenters. The highest BCUT2D eigenvalue weighted by molar-refractivity contribution is 5.82. The van der Waals surface area contributed by atoms with Gasteiger partial charge in [-0.2, -0.15) is 0 Å². The van der Waals surface area contributed by atoms with E-state index in [1.807, 2.05) is 30.3 Å². The summed E-state index contributed by atoms with van der Waals surface area (Å²) >= 11 is 0. The first-order valence-electron chi connectivity index (χ1n) is 7.47. The van der Waals surface area contributed by atoms with Crippen LogP contribution in [0.1, 0.15) is 37.3 Å². The molecule has 0 aromatic heterocycles. The van der Waals surface area contributed by atoms with Crippen molar-refractivity contribution in [2.75, 3.05) is 20.1 Å². The van der Waals surface area contributed by atoms with Crippen LogP contribution in [0.15, 0.2) is 30.3 Å². The zero-order valence-electron chi connectivity index (χ0n) is 12.2. The highest BCUT2D eigenvalue weighted by Gasteiger charge is 2.20. The van der Waals surface area contributed by atoms with E-state index in [4.69, 9.17) is 5.73 Å². The predicted octanol–water partition coefficient (Wildman–Crippen LogP) is 1.68. The second-order valence-electron chi connectivity index (χ2n) is 5.60. The van der Waals surface area contributed by atoms with E-state index in [9.17, 15) is 4.79 Å². The van der Waals surface area contributed by atoms with Crippen LogP contribution in [0.5, 0.6) is 0 Å². The molecule has 0 heterocycles. The van der Waals surface area contributed by atoms with Gasteiger partial charge in [0.1, 0.15) is 6.04 Å². The molecule has 1 amide bonds. The number of nitrogens with one attached hydrogen (secondary N) is 1. The minimum Gasteiger partial charge on any atom is -0.353 e. The van der Waals surface area contributed by atoms with Crippen molar-refractivity contribution in [3.63, 3.8) is 0 Å². The van der Waals surface area contributed by atoms with Gasteiger partial charge in [0.15, 0.2) is 0 Å². The molecule has 1 aliphatic rings. The Morgan fingerprint density at radius 3 is 2.65 bits per heavy atom. The van der Waals surface area contributed by atoms with E-state index in [1.54, 1.807) is 0 Å². The first-order chi connectivity index (χ1) is 9.68. The van der Waals surface area contributed by atoms with Gasteiger partial charge in [-0.25, -0.2) is 0 Å². The number of carbonyl (C=O) groups is 1. The number of nitrogens with zero attached hydrogens (tertiary/aromatic N) is 1. The van der Waals surface area contributed by atoms with Crippen molar-refractivity contribution in [1.29, 1.82) is 0 Å². The van der Waals surface area contributed by atoms with Crippen molar-refractivity contribution in [3.8, 4) is 0 Å². The van der Waals surface area contributed by atoms with Crippen LogP contribution >= 0.6 is 0 Å². The molecular formula is C16H25N3O. The smallest absolute Gasteiger partial charge is 0.241 e. The van der Waals surface area contributed by atoms with E-state index in [2.05, 4.69) is 17.3 Å². The third-order valence-electron chi connectivity index (χ3n) is 4.15. The minimum absolute atomic E-state index is 0.101. The van der Waals surface area contributed by atoms with E-state index in [0.717, 1.165) is 12.1 Å². The van der Waals surface area contributed by atoms with Crippen LogP contribution in [0.3, 0.4) is 0 Å². The van der Waals surface area contributed by atoms with Gasteiger partial charge in [0.05, 0.1) is 0 Å². The average molecular weight is 275 g/mol. The number of amides is 1. The van der Waals surface area contributed by atoms with E-state index < -0.39 is 6.04 Å². The standard InChI is InChI=1S/C16H25N3O/c1-19(14-9-5-6-10-14)12-11-18-16(20)15(17)13-7-3-2-4-8-13/h2-4,7-8,14-15H,5-6,9-12,17H2,1H3,(H,18,20)/t15-/m1/s1. The third kappa shape index (κ3) is 4.05. The fourth-order valence-corrected chi connectivity index (χ4v) is 2.80. The summed E-state index contributed by atoms with van der Waals surface area (Å²) in [6.07, 6.45) is 5.24. The van der Waals surface area contributed by atoms with Crippen molar-refractivity contribution in [2.45, 2.75) is 37.8 Å². The molecule has 0 saturated heterocycles. The van der Waals surface area contributed by atoms with E-state index in [1.165, 1.54) is 25.7 Å². The zero-order chi connectivity index (χ0) is 14.4. The highest BCUT2D eigenvalue weighted by atomic mass is 16.2. The fraction of sp³-hybridized carbons (Fsp3) is 0.562. The maximum Gasteiger partial charge on any atom is 0.241 e. The topological polar surface area (TPSA) is 58.4 Å². The van der Waals surface area contributed by atoms with Crippen molar-refractivity contribution >= 4 is 5.91 Å². The lowest BCUT2D eigenvalue weighted by Crippen LogP contribution is -2.40. The van der Waals surface area contributed by atoms with Gasteiger partial charge >= 0.3 is 0 Å². The predicted molar refractivity (Wildman–Crippen MR) is 81.3 cm³/mol. The van der Waals surface area contributed by atoms with Gasteiger partial charge in [-0.15, -0.1) is 0 Å². The van der Waals surface area contributed by atoms with Gasteiger partial charge in [-0.1, -0.05) is 43.2 Å². The van der Waals surface area contributed by atoms with Crippen molar-refractivity contribution in [2.24, 2.45) is 5.73 Å². The number of benzene rings is 1. The molecule has 1 aliphatic carbocycles. The van der Waals surface area contributed by atoms with Crippen LogP contribution < -0.4 is 11.1 Å². The van der Waals surface area contributed by atoms with Gasteiger partial charge in [0.25, 0.3) is 0 Å². The van der Waals surface area contributed by atoms with Gasteiger partial charge in [-0.3, -0.25) is 4.79 Å². The molecule has 4 heteroatoms. The van der Waals surface area contributed by atoms with Gasteiger partial charge in [0, 0.05) is 19.1 Å². The molecule has 2 rings (SSSR count). The molecule has 0 unspecified atom stereocenters. The molecule has 0 radical (unpaired) electrons. The van der Waals surface area contributed by atoms with Gasteiger partial charge < -0.3 is 16.0 Å². The summed E-state index contributed by atoms with van der Waals surface area (Å²) in [4.78, 5) is 14.3. The highest BCUT2D eigenvalue weighted by Crippen LogP contribution is 2.21. The summed E-state index contributed by atoms with van der Waals surface area (Å²) in [6.45, 7) is 1.55. The Balaban J connectivity index is 1.72. The summed E-state index contributed by atoms with van der Waals surface area (Å²) in [5.41, 5.74) is 6.81. The Bertz CT molecular complexity index is 415. The summed E-state index contributed by atoms with van der Waals surface area (Å²) in [7, 11) is 2.14. The average Bonchev–Trinajstić information content (AvgIpc) is 3.01. The number of rotatable bonds is 6. The first kappa shape index (κ1) is 15.0. The second kappa shape index (κ2) is 7.41. The monoisotopic (exact) mass is 275 g/mol. The SMILES string of the molecule is CN(CCNC(=O)[C@H](N)c1ccccc1)C1CCCC1. The number of likely N-dealkylation sites (N-methyl/N-ethyl adjacent to an activating group) is 1. The van der Waals surface area contributed by atoms with Gasteiger partial charge in [-0.05, 0) is 25.5 Å². The number of nitrogens with two attached hydrogens (primary N) is 1. The number of hydrogen-bond acceptors (Lipinski definition) is 3. The lowest BCUT2D eigenvalue weighted by atomic mass is 10.1. The summed E-state index contributed by atoms with van der Waals surface area (Å²) < 4.78 is 0. The molecule has 4 nitrogen and oxygen atoms in total. The van der Waals surface area contributed by atoms with Crippen LogP contribution in [-0.4, -0.2) is 37.0 Å². The molecule has 1 saturated carbocycles. The van der Waals surface area contributed by atoms with E-state index in [-0.39, 0.29) is 5.91 Å². The Morgan fingerprint density at radius 2 is 2.00 bits per heavy atom. The lowest BCUT2D eigenvalue weighted by Gasteiger charge is -2.24.